The molecule has 0 aliphatic carbocycles. The van der Waals surface area contributed by atoms with Crippen LogP contribution in [0.4, 0.5) is 0 Å². The van der Waals surface area contributed by atoms with Gasteiger partial charge < -0.3 is 19.9 Å². The molecule has 1 aromatic rings. The largest absolute Gasteiger partial charge is 0.491 e. The number of hydrogen-bond acceptors (Lipinski definition) is 9. The van der Waals surface area contributed by atoms with Gasteiger partial charge in [0.25, 0.3) is 0 Å². The fourth-order valence-electron chi connectivity index (χ4n) is 1.33. The van der Waals surface area contributed by atoms with E-state index in [9.17, 15) is 0 Å². The van der Waals surface area contributed by atoms with Gasteiger partial charge in [0.2, 0.25) is 0 Å². The zero-order valence-electron chi connectivity index (χ0n) is 12.1. The van der Waals surface area contributed by atoms with E-state index in [1.54, 1.807) is 0 Å². The zero-order chi connectivity index (χ0) is 15.9. The number of hydrogen-bond donors (Lipinski definition) is 2. The molecule has 0 unspecified atom stereocenters. The number of nitrogens with two attached hydrogens (primary N) is 1. The maximum absolute atomic E-state index is 7.82. The van der Waals surface area contributed by atoms with Gasteiger partial charge >= 0.3 is 0 Å². The molecule has 9 nitrogen and oxygen atoms in total. The maximum Gasteiger partial charge on any atom is 0.183 e. The molecule has 0 saturated carbocycles. The highest BCUT2D eigenvalue weighted by molar-refractivity contribution is 5.26. The Kier molecular flexibility index (Phi) is 11.4. The third-order valence-corrected chi connectivity index (χ3v) is 2.37. The van der Waals surface area contributed by atoms with Crippen LogP contribution in [-0.2, 0) is 35.7 Å². The molecular formula is C13H21NO8. The topological polar surface area (TPSA) is 111 Å². The van der Waals surface area contributed by atoms with Crippen molar-refractivity contribution in [3.8, 4) is 5.75 Å². The van der Waals surface area contributed by atoms with Crippen LogP contribution in [0.3, 0.4) is 0 Å². The Bertz CT molecular complexity index is 362. The fraction of sp³-hybridized carbons (Fsp3) is 0.538. The van der Waals surface area contributed by atoms with Gasteiger partial charge in [-0.3, -0.25) is 0 Å². The van der Waals surface area contributed by atoms with Crippen LogP contribution < -0.4 is 10.5 Å². The van der Waals surface area contributed by atoms with E-state index < -0.39 is 0 Å². The van der Waals surface area contributed by atoms with Crippen molar-refractivity contribution in [2.75, 3.05) is 40.0 Å². The Balaban J connectivity index is 1.85. The molecule has 0 radical (unpaired) electrons. The molecule has 0 aliphatic rings. The van der Waals surface area contributed by atoms with E-state index in [0.717, 1.165) is 11.3 Å². The van der Waals surface area contributed by atoms with Gasteiger partial charge in [-0.05, 0) is 17.7 Å². The number of ether oxygens (including phenoxy) is 3. The van der Waals surface area contributed by atoms with E-state index in [0.29, 0.717) is 13.2 Å². The summed E-state index contributed by atoms with van der Waals surface area (Å²) in [5.74, 6) is 0.739. The standard InChI is InChI=1S/C13H21NO8/c14-9-12-1-3-13(4-2-12)18-7-8-19-20-10-16-5-6-17-11-21-22-15/h1-4,15H,5-11,14H2. The van der Waals surface area contributed by atoms with E-state index in [1.165, 1.54) is 0 Å². The normalized spacial score (nSPS) is 10.8. The minimum absolute atomic E-state index is 0.0358. The van der Waals surface area contributed by atoms with E-state index in [-0.39, 0.29) is 33.4 Å². The number of rotatable bonds is 14. The van der Waals surface area contributed by atoms with Crippen molar-refractivity contribution in [1.82, 2.24) is 0 Å². The SMILES string of the molecule is NCc1ccc(OCCOOCOCCOCOOO)cc1. The predicted molar refractivity (Wildman–Crippen MR) is 73.3 cm³/mol. The van der Waals surface area contributed by atoms with Crippen molar-refractivity contribution in [2.45, 2.75) is 6.54 Å². The van der Waals surface area contributed by atoms with Gasteiger partial charge in [0, 0.05) is 6.54 Å². The summed E-state index contributed by atoms with van der Waals surface area (Å²) in [6.45, 7) is 1.43. The van der Waals surface area contributed by atoms with Gasteiger partial charge in [0.1, 0.15) is 19.0 Å². The van der Waals surface area contributed by atoms with Crippen LogP contribution in [0.5, 0.6) is 5.75 Å². The summed E-state index contributed by atoms with van der Waals surface area (Å²) in [5, 5.41) is 11.2. The van der Waals surface area contributed by atoms with Gasteiger partial charge in [0.15, 0.2) is 13.6 Å². The molecule has 0 saturated heterocycles. The summed E-state index contributed by atoms with van der Waals surface area (Å²) in [6.07, 6.45) is 0. The van der Waals surface area contributed by atoms with Crippen LogP contribution in [0, 0.1) is 0 Å². The lowest BCUT2D eigenvalue weighted by Gasteiger charge is -2.08. The average molecular weight is 319 g/mol. The third kappa shape index (κ3) is 9.60. The second-order valence-electron chi connectivity index (χ2n) is 3.88. The van der Waals surface area contributed by atoms with Crippen LogP contribution in [-0.4, -0.2) is 45.3 Å². The van der Waals surface area contributed by atoms with E-state index >= 15 is 0 Å². The Labute approximate surface area is 128 Å². The highest BCUT2D eigenvalue weighted by Gasteiger charge is 1.96. The monoisotopic (exact) mass is 319 g/mol. The van der Waals surface area contributed by atoms with Gasteiger partial charge in [-0.2, -0.15) is 4.89 Å². The molecule has 0 fully saturated rings. The lowest BCUT2D eigenvalue weighted by Crippen LogP contribution is -2.11. The first kappa shape index (κ1) is 18.7. The molecule has 0 atom stereocenters. The second-order valence-corrected chi connectivity index (χ2v) is 3.88. The number of benzene rings is 1. The first-order valence-corrected chi connectivity index (χ1v) is 6.61. The summed E-state index contributed by atoms with van der Waals surface area (Å²) < 4.78 is 15.3. The van der Waals surface area contributed by atoms with Crippen LogP contribution in [0.15, 0.2) is 24.3 Å². The molecule has 0 aromatic heterocycles. The van der Waals surface area contributed by atoms with Crippen molar-refractivity contribution in [3.63, 3.8) is 0 Å². The molecule has 22 heavy (non-hydrogen) atoms. The van der Waals surface area contributed by atoms with Crippen LogP contribution in [0.25, 0.3) is 0 Å². The molecule has 0 amide bonds. The molecule has 0 spiro atoms. The van der Waals surface area contributed by atoms with Crippen LogP contribution >= 0.6 is 0 Å². The molecule has 126 valence electrons. The Morgan fingerprint density at radius 3 is 2.14 bits per heavy atom. The van der Waals surface area contributed by atoms with E-state index in [2.05, 4.69) is 9.93 Å². The van der Waals surface area contributed by atoms with Crippen LogP contribution in [0.1, 0.15) is 5.56 Å². The Hall–Kier alpha value is -1.30. The predicted octanol–water partition coefficient (Wildman–Crippen LogP) is 0.842. The first-order valence-electron chi connectivity index (χ1n) is 6.61. The quantitative estimate of drug-likeness (QED) is 0.223. The lowest BCUT2D eigenvalue weighted by atomic mass is 10.2. The summed E-state index contributed by atoms with van der Waals surface area (Å²) in [7, 11) is 0. The van der Waals surface area contributed by atoms with Crippen molar-refractivity contribution in [2.24, 2.45) is 5.73 Å². The van der Waals surface area contributed by atoms with Crippen molar-refractivity contribution < 1.29 is 39.2 Å². The Morgan fingerprint density at radius 2 is 1.50 bits per heavy atom. The second kappa shape index (κ2) is 13.4. The molecular weight excluding hydrogens is 298 g/mol. The minimum atomic E-state index is -0.194. The van der Waals surface area contributed by atoms with Crippen molar-refractivity contribution >= 4 is 0 Å². The van der Waals surface area contributed by atoms with Gasteiger partial charge in [0.05, 0.1) is 13.2 Å². The highest BCUT2D eigenvalue weighted by Crippen LogP contribution is 2.11. The molecule has 9 heteroatoms. The van der Waals surface area contributed by atoms with Crippen molar-refractivity contribution in [3.05, 3.63) is 29.8 Å². The highest BCUT2D eigenvalue weighted by atomic mass is 17.5. The maximum atomic E-state index is 7.82. The van der Waals surface area contributed by atoms with Crippen molar-refractivity contribution in [1.29, 1.82) is 0 Å². The summed E-state index contributed by atoms with van der Waals surface area (Å²) in [4.78, 5) is 13.7. The Morgan fingerprint density at radius 1 is 0.818 bits per heavy atom. The molecule has 0 bridgehead atoms. The third-order valence-electron chi connectivity index (χ3n) is 2.37. The molecule has 0 heterocycles. The summed E-state index contributed by atoms with van der Waals surface area (Å²) in [5.41, 5.74) is 6.55. The molecule has 1 rings (SSSR count). The average Bonchev–Trinajstić information content (AvgIpc) is 2.56. The van der Waals surface area contributed by atoms with Gasteiger partial charge in [-0.1, -0.05) is 17.2 Å². The lowest BCUT2D eigenvalue weighted by molar-refractivity contribution is -0.508. The van der Waals surface area contributed by atoms with Crippen LogP contribution in [0.2, 0.25) is 0 Å². The van der Waals surface area contributed by atoms with Gasteiger partial charge in [-0.15, -0.1) is 0 Å². The van der Waals surface area contributed by atoms with Gasteiger partial charge in [-0.25, -0.2) is 15.0 Å². The van der Waals surface area contributed by atoms with E-state index in [1.807, 2.05) is 24.3 Å². The van der Waals surface area contributed by atoms with E-state index in [4.69, 9.17) is 35.0 Å². The fourth-order valence-corrected chi connectivity index (χ4v) is 1.33. The summed E-state index contributed by atoms with van der Waals surface area (Å²) >= 11 is 0. The molecule has 1 aromatic carbocycles. The first-order chi connectivity index (χ1) is 10.9. The molecule has 3 N–H and O–H groups in total. The minimum Gasteiger partial charge on any atom is -0.491 e. The molecule has 0 aliphatic heterocycles. The smallest absolute Gasteiger partial charge is 0.183 e. The zero-order valence-corrected chi connectivity index (χ0v) is 12.1. The summed E-state index contributed by atoms with van der Waals surface area (Å²) in [6, 6.07) is 7.50.